The third kappa shape index (κ3) is 3.71. The Kier molecular flexibility index (Phi) is 5.67. The monoisotopic (exact) mass is 255 g/mol. The molecule has 0 spiro atoms. The topological polar surface area (TPSA) is 21.3 Å². The van der Waals surface area contributed by atoms with Crippen LogP contribution in [0, 0.1) is 11.3 Å². The van der Waals surface area contributed by atoms with E-state index >= 15 is 0 Å². The number of nitrogens with one attached hydrogen (secondary N) is 1. The molecule has 18 heavy (non-hydrogen) atoms. The lowest BCUT2D eigenvalue weighted by Crippen LogP contribution is -2.60. The van der Waals surface area contributed by atoms with Crippen LogP contribution in [0.1, 0.15) is 67.2 Å². The average molecular weight is 255 g/mol. The quantitative estimate of drug-likeness (QED) is 0.802. The summed E-state index contributed by atoms with van der Waals surface area (Å²) in [5.74, 6) is 0.862. The molecule has 1 fully saturated rings. The number of hydrogen-bond donors (Lipinski definition) is 1. The molecule has 0 amide bonds. The minimum atomic E-state index is 0.0511. The number of ether oxygens (including phenoxy) is 1. The molecule has 1 aliphatic carbocycles. The average Bonchev–Trinajstić information content (AvgIpc) is 2.28. The Balaban J connectivity index is 2.92. The van der Waals surface area contributed by atoms with E-state index in [4.69, 9.17) is 4.74 Å². The van der Waals surface area contributed by atoms with Gasteiger partial charge in [-0.25, -0.2) is 0 Å². The highest BCUT2D eigenvalue weighted by atomic mass is 16.5. The van der Waals surface area contributed by atoms with Gasteiger partial charge in [-0.05, 0) is 50.5 Å². The molecule has 0 heterocycles. The minimum absolute atomic E-state index is 0.0511. The Bertz CT molecular complexity index is 236. The fourth-order valence-corrected chi connectivity index (χ4v) is 3.54. The number of hydrogen-bond acceptors (Lipinski definition) is 2. The van der Waals surface area contributed by atoms with Gasteiger partial charge in [0, 0.05) is 12.6 Å². The van der Waals surface area contributed by atoms with Crippen molar-refractivity contribution in [1.82, 2.24) is 5.32 Å². The van der Waals surface area contributed by atoms with Crippen LogP contribution in [0.4, 0.5) is 0 Å². The maximum absolute atomic E-state index is 6.30. The SMILES string of the molecule is CCNC(C(C)(C)C)C1(OCC)CCC(C)CC1. The van der Waals surface area contributed by atoms with Gasteiger partial charge in [0.1, 0.15) is 0 Å². The molecule has 108 valence electrons. The smallest absolute Gasteiger partial charge is 0.0839 e. The van der Waals surface area contributed by atoms with E-state index < -0.39 is 0 Å². The second-order valence-corrected chi connectivity index (χ2v) is 7.04. The van der Waals surface area contributed by atoms with Crippen LogP contribution >= 0.6 is 0 Å². The van der Waals surface area contributed by atoms with Crippen LogP contribution in [-0.2, 0) is 4.74 Å². The van der Waals surface area contributed by atoms with Crippen LogP contribution in [0.5, 0.6) is 0 Å². The van der Waals surface area contributed by atoms with Crippen LogP contribution in [0.15, 0.2) is 0 Å². The third-order valence-electron chi connectivity index (χ3n) is 4.35. The van der Waals surface area contributed by atoms with Crippen molar-refractivity contribution in [3.05, 3.63) is 0 Å². The third-order valence-corrected chi connectivity index (χ3v) is 4.35. The Labute approximate surface area is 114 Å². The van der Waals surface area contributed by atoms with E-state index in [1.807, 2.05) is 0 Å². The van der Waals surface area contributed by atoms with E-state index in [-0.39, 0.29) is 11.0 Å². The lowest BCUT2D eigenvalue weighted by molar-refractivity contribution is -0.118. The molecule has 0 aromatic heterocycles. The summed E-state index contributed by atoms with van der Waals surface area (Å²) in [7, 11) is 0. The van der Waals surface area contributed by atoms with E-state index in [1.165, 1.54) is 25.7 Å². The maximum atomic E-state index is 6.30. The predicted octanol–water partition coefficient (Wildman–Crippen LogP) is 4.00. The van der Waals surface area contributed by atoms with Gasteiger partial charge in [-0.2, -0.15) is 0 Å². The number of likely N-dealkylation sites (N-methyl/N-ethyl adjacent to an activating group) is 1. The summed E-state index contributed by atoms with van der Waals surface area (Å²) in [6, 6.07) is 0.447. The van der Waals surface area contributed by atoms with E-state index in [2.05, 4.69) is 46.9 Å². The second kappa shape index (κ2) is 6.38. The summed E-state index contributed by atoms with van der Waals surface area (Å²) in [6.45, 7) is 15.5. The van der Waals surface area contributed by atoms with Crippen molar-refractivity contribution in [2.24, 2.45) is 11.3 Å². The van der Waals surface area contributed by atoms with Crippen molar-refractivity contribution in [3.8, 4) is 0 Å². The molecule has 1 unspecified atom stereocenters. The summed E-state index contributed by atoms with van der Waals surface area (Å²) in [5.41, 5.74) is 0.293. The van der Waals surface area contributed by atoms with Gasteiger partial charge in [0.15, 0.2) is 0 Å². The molecule has 0 bridgehead atoms. The van der Waals surface area contributed by atoms with Gasteiger partial charge in [0.2, 0.25) is 0 Å². The van der Waals surface area contributed by atoms with Gasteiger partial charge in [0.25, 0.3) is 0 Å². The fourth-order valence-electron chi connectivity index (χ4n) is 3.54. The first-order chi connectivity index (χ1) is 8.35. The van der Waals surface area contributed by atoms with Crippen LogP contribution in [-0.4, -0.2) is 24.8 Å². The molecule has 0 aromatic rings. The molecule has 0 radical (unpaired) electrons. The van der Waals surface area contributed by atoms with Gasteiger partial charge in [0.05, 0.1) is 5.60 Å². The van der Waals surface area contributed by atoms with E-state index in [0.717, 1.165) is 19.1 Å². The molecule has 1 N–H and O–H groups in total. The fraction of sp³-hybridized carbons (Fsp3) is 1.00. The van der Waals surface area contributed by atoms with E-state index in [9.17, 15) is 0 Å². The molecular formula is C16H33NO. The molecule has 2 heteroatoms. The molecule has 0 aliphatic heterocycles. The van der Waals surface area contributed by atoms with Crippen molar-refractivity contribution in [2.75, 3.05) is 13.2 Å². The van der Waals surface area contributed by atoms with Crippen molar-refractivity contribution in [1.29, 1.82) is 0 Å². The predicted molar refractivity (Wildman–Crippen MR) is 78.9 cm³/mol. The van der Waals surface area contributed by atoms with Gasteiger partial charge < -0.3 is 10.1 Å². The first-order valence-corrected chi connectivity index (χ1v) is 7.73. The van der Waals surface area contributed by atoms with Crippen molar-refractivity contribution < 1.29 is 4.74 Å². The van der Waals surface area contributed by atoms with Gasteiger partial charge in [-0.15, -0.1) is 0 Å². The summed E-state index contributed by atoms with van der Waals surface area (Å²) < 4.78 is 6.30. The highest BCUT2D eigenvalue weighted by molar-refractivity contribution is 5.01. The zero-order valence-electron chi connectivity index (χ0n) is 13.3. The summed E-state index contributed by atoms with van der Waals surface area (Å²) in [4.78, 5) is 0. The first-order valence-electron chi connectivity index (χ1n) is 7.73. The van der Waals surface area contributed by atoms with E-state index in [1.54, 1.807) is 0 Å². The molecule has 2 nitrogen and oxygen atoms in total. The molecule has 0 saturated heterocycles. The molecule has 1 rings (SSSR count). The largest absolute Gasteiger partial charge is 0.374 e. The Morgan fingerprint density at radius 1 is 1.22 bits per heavy atom. The molecular weight excluding hydrogens is 222 g/mol. The Hall–Kier alpha value is -0.0800. The number of rotatable bonds is 5. The maximum Gasteiger partial charge on any atom is 0.0839 e. The zero-order valence-corrected chi connectivity index (χ0v) is 13.3. The van der Waals surface area contributed by atoms with Crippen LogP contribution in [0.3, 0.4) is 0 Å². The van der Waals surface area contributed by atoms with Gasteiger partial charge in [-0.3, -0.25) is 0 Å². The van der Waals surface area contributed by atoms with Crippen molar-refractivity contribution in [2.45, 2.75) is 78.9 Å². The molecule has 1 saturated carbocycles. The normalized spacial score (nSPS) is 31.3. The highest BCUT2D eigenvalue weighted by Crippen LogP contribution is 2.42. The summed E-state index contributed by atoms with van der Waals surface area (Å²) >= 11 is 0. The lowest BCUT2D eigenvalue weighted by atomic mass is 9.67. The zero-order chi connectivity index (χ0) is 13.8. The summed E-state index contributed by atoms with van der Waals surface area (Å²) in [5, 5.41) is 3.71. The van der Waals surface area contributed by atoms with Crippen LogP contribution < -0.4 is 5.32 Å². The second-order valence-electron chi connectivity index (χ2n) is 7.04. The Morgan fingerprint density at radius 3 is 2.17 bits per heavy atom. The lowest BCUT2D eigenvalue weighted by Gasteiger charge is -2.50. The Morgan fingerprint density at radius 2 is 1.78 bits per heavy atom. The minimum Gasteiger partial charge on any atom is -0.374 e. The first kappa shape index (κ1) is 16.0. The molecule has 0 aromatic carbocycles. The van der Waals surface area contributed by atoms with Crippen LogP contribution in [0.25, 0.3) is 0 Å². The van der Waals surface area contributed by atoms with E-state index in [0.29, 0.717) is 6.04 Å². The standard InChI is InChI=1S/C16H33NO/c1-7-17-14(15(4,5)6)16(18-8-2)11-9-13(3)10-12-16/h13-14,17H,7-12H2,1-6H3. The van der Waals surface area contributed by atoms with Gasteiger partial charge >= 0.3 is 0 Å². The molecule has 1 atom stereocenters. The van der Waals surface area contributed by atoms with Gasteiger partial charge in [-0.1, -0.05) is 34.6 Å². The summed E-state index contributed by atoms with van der Waals surface area (Å²) in [6.07, 6.45) is 5.02. The van der Waals surface area contributed by atoms with Crippen LogP contribution in [0.2, 0.25) is 0 Å². The van der Waals surface area contributed by atoms with Crippen molar-refractivity contribution in [3.63, 3.8) is 0 Å². The molecule has 1 aliphatic rings. The van der Waals surface area contributed by atoms with Crippen molar-refractivity contribution >= 4 is 0 Å². The highest BCUT2D eigenvalue weighted by Gasteiger charge is 2.46.